The average Bonchev–Trinajstić information content (AvgIpc) is 2.71. The third kappa shape index (κ3) is 6.55. The summed E-state index contributed by atoms with van der Waals surface area (Å²) >= 11 is 0. The van der Waals surface area contributed by atoms with E-state index in [4.69, 9.17) is 9.73 Å². The predicted molar refractivity (Wildman–Crippen MR) is 111 cm³/mol. The largest absolute Gasteiger partial charge is 0.469 e. The number of carbonyl (C=O) groups is 2. The van der Waals surface area contributed by atoms with Gasteiger partial charge in [0.1, 0.15) is 0 Å². The van der Waals surface area contributed by atoms with Crippen LogP contribution in [0.15, 0.2) is 29.3 Å². The smallest absolute Gasteiger partial charge is 0.308 e. The molecule has 0 radical (unpaired) electrons. The van der Waals surface area contributed by atoms with E-state index in [0.717, 1.165) is 56.1 Å². The van der Waals surface area contributed by atoms with Gasteiger partial charge in [0.15, 0.2) is 5.96 Å². The zero-order valence-corrected chi connectivity index (χ0v) is 17.2. The van der Waals surface area contributed by atoms with Gasteiger partial charge in [0.05, 0.1) is 19.6 Å². The highest BCUT2D eigenvalue weighted by molar-refractivity contribution is 5.90. The van der Waals surface area contributed by atoms with Crippen molar-refractivity contribution in [3.63, 3.8) is 0 Å². The van der Waals surface area contributed by atoms with Crippen molar-refractivity contribution in [3.8, 4) is 0 Å². The molecular formula is C21H32N4O3. The van der Waals surface area contributed by atoms with Crippen LogP contribution in [0.5, 0.6) is 0 Å². The number of guanidine groups is 1. The van der Waals surface area contributed by atoms with Crippen LogP contribution in [0.3, 0.4) is 0 Å². The second-order valence-corrected chi connectivity index (χ2v) is 6.95. The van der Waals surface area contributed by atoms with Gasteiger partial charge < -0.3 is 20.3 Å². The summed E-state index contributed by atoms with van der Waals surface area (Å²) in [5, 5.41) is 6.26. The molecular weight excluding hydrogens is 356 g/mol. The molecule has 0 spiro atoms. The van der Waals surface area contributed by atoms with Crippen LogP contribution in [0.4, 0.5) is 5.69 Å². The highest BCUT2D eigenvalue weighted by Crippen LogP contribution is 2.19. The molecule has 1 aromatic rings. The van der Waals surface area contributed by atoms with Gasteiger partial charge in [-0.1, -0.05) is 19.1 Å². The lowest BCUT2D eigenvalue weighted by atomic mass is 9.97. The molecule has 1 aliphatic rings. The van der Waals surface area contributed by atoms with Gasteiger partial charge in [-0.25, -0.2) is 4.99 Å². The van der Waals surface area contributed by atoms with E-state index in [9.17, 15) is 9.59 Å². The van der Waals surface area contributed by atoms with Crippen molar-refractivity contribution in [1.82, 2.24) is 10.2 Å². The Hall–Kier alpha value is -2.57. The normalized spacial score (nSPS) is 15.2. The van der Waals surface area contributed by atoms with E-state index in [1.165, 1.54) is 7.11 Å². The van der Waals surface area contributed by atoms with Crippen molar-refractivity contribution in [3.05, 3.63) is 29.8 Å². The Morgan fingerprint density at radius 1 is 1.25 bits per heavy atom. The van der Waals surface area contributed by atoms with Crippen LogP contribution in [0.1, 0.15) is 45.1 Å². The first-order chi connectivity index (χ1) is 13.6. The first-order valence-corrected chi connectivity index (χ1v) is 10.1. The van der Waals surface area contributed by atoms with E-state index in [2.05, 4.69) is 15.5 Å². The lowest BCUT2D eigenvalue weighted by Gasteiger charge is -2.33. The predicted octanol–water partition coefficient (Wildman–Crippen LogP) is 2.78. The quantitative estimate of drug-likeness (QED) is 0.426. The van der Waals surface area contributed by atoms with Crippen LogP contribution >= 0.6 is 0 Å². The molecule has 1 aliphatic heterocycles. The number of hydrogen-bond acceptors (Lipinski definition) is 4. The Morgan fingerprint density at radius 2 is 2.00 bits per heavy atom. The Balaban J connectivity index is 1.99. The Morgan fingerprint density at radius 3 is 2.64 bits per heavy atom. The molecule has 1 aromatic carbocycles. The number of benzene rings is 1. The van der Waals surface area contributed by atoms with Crippen LogP contribution in [0.2, 0.25) is 0 Å². The molecule has 0 unspecified atom stereocenters. The molecule has 0 atom stereocenters. The van der Waals surface area contributed by atoms with Crippen molar-refractivity contribution in [1.29, 1.82) is 0 Å². The van der Waals surface area contributed by atoms with Crippen molar-refractivity contribution >= 4 is 23.5 Å². The van der Waals surface area contributed by atoms with Crippen LogP contribution < -0.4 is 10.6 Å². The average molecular weight is 389 g/mol. The molecule has 7 nitrogen and oxygen atoms in total. The summed E-state index contributed by atoms with van der Waals surface area (Å²) in [5.41, 5.74) is 1.84. The van der Waals surface area contributed by atoms with E-state index < -0.39 is 0 Å². The number of amides is 1. The number of piperidine rings is 1. The molecule has 0 bridgehead atoms. The monoisotopic (exact) mass is 388 g/mol. The van der Waals surface area contributed by atoms with E-state index in [1.54, 1.807) is 0 Å². The number of esters is 1. The molecule has 1 saturated heterocycles. The second-order valence-electron chi connectivity index (χ2n) is 6.95. The Kier molecular flexibility index (Phi) is 8.78. The van der Waals surface area contributed by atoms with Gasteiger partial charge in [0.25, 0.3) is 0 Å². The van der Waals surface area contributed by atoms with Crippen molar-refractivity contribution < 1.29 is 14.3 Å². The van der Waals surface area contributed by atoms with Crippen molar-refractivity contribution in [2.24, 2.45) is 10.9 Å². The second kappa shape index (κ2) is 11.3. The highest BCUT2D eigenvalue weighted by atomic mass is 16.5. The number of ether oxygens (including phenoxy) is 1. The molecule has 1 heterocycles. The summed E-state index contributed by atoms with van der Waals surface area (Å²) in [7, 11) is 1.44. The first kappa shape index (κ1) is 21.7. The molecule has 0 aliphatic carbocycles. The Labute approximate surface area is 167 Å². The van der Waals surface area contributed by atoms with E-state index >= 15 is 0 Å². The number of likely N-dealkylation sites (tertiary alicyclic amines) is 1. The minimum absolute atomic E-state index is 0.0208. The number of nitrogens with zero attached hydrogens (tertiary/aromatic N) is 2. The molecule has 0 saturated carbocycles. The number of aliphatic imine (C=N–C) groups is 1. The Bertz CT molecular complexity index is 682. The summed E-state index contributed by atoms with van der Waals surface area (Å²) in [4.78, 5) is 30.4. The maximum Gasteiger partial charge on any atom is 0.308 e. The fourth-order valence-electron chi connectivity index (χ4n) is 3.28. The third-order valence-corrected chi connectivity index (χ3v) is 4.76. The molecule has 28 heavy (non-hydrogen) atoms. The van der Waals surface area contributed by atoms with E-state index in [-0.39, 0.29) is 17.8 Å². The van der Waals surface area contributed by atoms with Gasteiger partial charge in [0.2, 0.25) is 5.91 Å². The van der Waals surface area contributed by atoms with Crippen LogP contribution in [-0.2, 0) is 20.9 Å². The number of rotatable bonds is 7. The molecule has 7 heteroatoms. The zero-order chi connectivity index (χ0) is 20.4. The number of hydrogen-bond donors (Lipinski definition) is 2. The zero-order valence-electron chi connectivity index (χ0n) is 17.2. The van der Waals surface area contributed by atoms with Gasteiger partial charge in [-0.05, 0) is 43.9 Å². The van der Waals surface area contributed by atoms with Crippen LogP contribution in [0.25, 0.3) is 0 Å². The maximum absolute atomic E-state index is 11.8. The van der Waals surface area contributed by atoms with Crippen molar-refractivity contribution in [2.45, 2.75) is 46.1 Å². The fraction of sp³-hybridized carbons (Fsp3) is 0.571. The van der Waals surface area contributed by atoms with Gasteiger partial charge in [-0.3, -0.25) is 9.59 Å². The number of anilines is 1. The summed E-state index contributed by atoms with van der Waals surface area (Å²) in [6.07, 6.45) is 2.90. The van der Waals surface area contributed by atoms with Gasteiger partial charge in [-0.15, -0.1) is 0 Å². The number of methoxy groups -OCH3 is 1. The molecule has 1 amide bonds. The fourth-order valence-corrected chi connectivity index (χ4v) is 3.28. The topological polar surface area (TPSA) is 83.0 Å². The van der Waals surface area contributed by atoms with Gasteiger partial charge in [-0.2, -0.15) is 0 Å². The molecule has 2 N–H and O–H groups in total. The number of carbonyl (C=O) groups excluding carboxylic acids is 2. The summed E-state index contributed by atoms with van der Waals surface area (Å²) in [5.74, 6) is 0.743. The lowest BCUT2D eigenvalue weighted by molar-refractivity contribution is -0.146. The number of nitrogens with one attached hydrogen (secondary N) is 2. The lowest BCUT2D eigenvalue weighted by Crippen LogP contribution is -2.46. The minimum atomic E-state index is -0.122. The van der Waals surface area contributed by atoms with Gasteiger partial charge >= 0.3 is 5.97 Å². The van der Waals surface area contributed by atoms with Crippen LogP contribution in [-0.4, -0.2) is 49.5 Å². The molecule has 0 aromatic heterocycles. The maximum atomic E-state index is 11.8. The van der Waals surface area contributed by atoms with Gasteiger partial charge in [0, 0.05) is 31.7 Å². The summed E-state index contributed by atoms with van der Waals surface area (Å²) < 4.78 is 4.86. The standard InChI is InChI=1S/C21H32N4O3/c1-4-7-19(26)24-18-9-6-8-16(14-18)15-23-21(22-5-2)25-12-10-17(11-13-25)20(27)28-3/h6,8-9,14,17H,4-5,7,10-13,15H2,1-3H3,(H,22,23)(H,24,26). The summed E-state index contributed by atoms with van der Waals surface area (Å²) in [6, 6.07) is 7.79. The summed E-state index contributed by atoms with van der Waals surface area (Å²) in [6.45, 7) is 6.89. The van der Waals surface area contributed by atoms with E-state index in [0.29, 0.717) is 13.0 Å². The SMILES string of the molecule is CCCC(=O)Nc1cccc(CN=C(NCC)N2CCC(C(=O)OC)CC2)c1. The van der Waals surface area contributed by atoms with Crippen molar-refractivity contribution in [2.75, 3.05) is 32.1 Å². The van der Waals surface area contributed by atoms with E-state index in [1.807, 2.05) is 38.1 Å². The van der Waals surface area contributed by atoms with Crippen LogP contribution in [0, 0.1) is 5.92 Å². The highest BCUT2D eigenvalue weighted by Gasteiger charge is 2.26. The minimum Gasteiger partial charge on any atom is -0.469 e. The third-order valence-electron chi connectivity index (χ3n) is 4.76. The molecule has 2 rings (SSSR count). The first-order valence-electron chi connectivity index (χ1n) is 10.1. The molecule has 154 valence electrons. The molecule has 1 fully saturated rings.